The lowest BCUT2D eigenvalue weighted by Crippen LogP contribution is -2.73. The van der Waals surface area contributed by atoms with Crippen LogP contribution in [0.15, 0.2) is 0 Å². The van der Waals surface area contributed by atoms with Gasteiger partial charge < -0.3 is 14.8 Å². The molecule has 0 atom stereocenters. The minimum Gasteiger partial charge on any atom is -0.378 e. The van der Waals surface area contributed by atoms with Crippen LogP contribution in [0.3, 0.4) is 0 Å². The molecule has 1 aliphatic heterocycles. The van der Waals surface area contributed by atoms with Gasteiger partial charge in [-0.1, -0.05) is 0 Å². The summed E-state index contributed by atoms with van der Waals surface area (Å²) < 4.78 is 47.9. The van der Waals surface area contributed by atoms with Crippen LogP contribution in [0.4, 0.5) is 13.2 Å². The van der Waals surface area contributed by atoms with Gasteiger partial charge in [0.05, 0.1) is 13.2 Å². The largest absolute Gasteiger partial charge is 0.417 e. The van der Waals surface area contributed by atoms with Crippen molar-refractivity contribution >= 4 is 12.4 Å². The average Bonchev–Trinajstić information content (AvgIpc) is 2.13. The normalized spacial score (nSPS) is 39.0. The number of rotatable bonds is 1. The lowest BCUT2D eigenvalue weighted by molar-refractivity contribution is -0.320. The minimum absolute atomic E-state index is 0. The molecule has 3 nitrogen and oxygen atoms in total. The molecule has 0 aromatic heterocycles. The fourth-order valence-corrected chi connectivity index (χ4v) is 2.44. The molecule has 1 aliphatic carbocycles. The van der Waals surface area contributed by atoms with Crippen LogP contribution >= 0.6 is 12.4 Å². The molecule has 1 heterocycles. The van der Waals surface area contributed by atoms with Crippen molar-refractivity contribution < 1.29 is 22.6 Å². The van der Waals surface area contributed by atoms with Crippen molar-refractivity contribution in [3.8, 4) is 0 Å². The van der Waals surface area contributed by atoms with Gasteiger partial charge in [-0.15, -0.1) is 12.4 Å². The van der Waals surface area contributed by atoms with E-state index < -0.39 is 17.3 Å². The van der Waals surface area contributed by atoms with E-state index in [0.29, 0.717) is 19.8 Å². The van der Waals surface area contributed by atoms with Crippen LogP contribution in [0.1, 0.15) is 12.8 Å². The highest BCUT2D eigenvalue weighted by Crippen LogP contribution is 2.53. The number of halogens is 4. The number of alkyl halides is 3. The third kappa shape index (κ3) is 2.03. The van der Waals surface area contributed by atoms with Crippen molar-refractivity contribution in [1.82, 2.24) is 5.32 Å². The zero-order valence-corrected chi connectivity index (χ0v) is 9.71. The molecule has 1 N–H and O–H groups in total. The first kappa shape index (κ1) is 14.0. The van der Waals surface area contributed by atoms with Gasteiger partial charge in [-0.05, 0) is 0 Å². The summed E-state index contributed by atoms with van der Waals surface area (Å²) in [6.07, 6.45) is -4.41. The third-order valence-corrected chi connectivity index (χ3v) is 3.28. The molecule has 0 amide bonds. The Kier molecular flexibility index (Phi) is 3.79. The van der Waals surface area contributed by atoms with E-state index in [4.69, 9.17) is 4.74 Å². The van der Waals surface area contributed by atoms with Crippen molar-refractivity contribution in [1.29, 1.82) is 0 Å². The lowest BCUT2D eigenvalue weighted by Gasteiger charge is -2.56. The summed E-state index contributed by atoms with van der Waals surface area (Å²) >= 11 is 0. The van der Waals surface area contributed by atoms with Gasteiger partial charge in [0.25, 0.3) is 0 Å². The Labute approximate surface area is 98.1 Å². The van der Waals surface area contributed by atoms with Crippen LogP contribution in [0, 0.1) is 0 Å². The number of methoxy groups -OCH3 is 1. The number of ether oxygens (including phenoxy) is 2. The second-order valence-electron chi connectivity index (χ2n) is 4.31. The third-order valence-electron chi connectivity index (χ3n) is 3.28. The van der Waals surface area contributed by atoms with Crippen molar-refractivity contribution in [3.63, 3.8) is 0 Å². The maximum atomic E-state index is 12.7. The van der Waals surface area contributed by atoms with Crippen molar-refractivity contribution in [2.45, 2.75) is 30.2 Å². The van der Waals surface area contributed by atoms with E-state index in [2.05, 4.69) is 10.1 Å². The highest BCUT2D eigenvalue weighted by atomic mass is 35.5. The van der Waals surface area contributed by atoms with Gasteiger partial charge >= 0.3 is 6.18 Å². The maximum Gasteiger partial charge on any atom is 0.417 e. The quantitative estimate of drug-likeness (QED) is 0.776. The molecule has 0 radical (unpaired) electrons. The Morgan fingerprint density at radius 1 is 1.31 bits per heavy atom. The zero-order chi connectivity index (χ0) is 11.2. The molecular weight excluding hydrogens is 247 g/mol. The van der Waals surface area contributed by atoms with Crippen LogP contribution in [0.25, 0.3) is 0 Å². The van der Waals surface area contributed by atoms with Gasteiger partial charge in [0.2, 0.25) is 0 Å². The first-order chi connectivity index (χ1) is 6.93. The smallest absolute Gasteiger partial charge is 0.378 e. The molecule has 0 unspecified atom stereocenters. The summed E-state index contributed by atoms with van der Waals surface area (Å²) in [6, 6.07) is 0. The molecule has 7 heteroatoms. The maximum absolute atomic E-state index is 12.7. The monoisotopic (exact) mass is 261 g/mol. The minimum atomic E-state index is -4.30. The number of hydrogen-bond donors (Lipinski definition) is 1. The Balaban J connectivity index is 0.00000128. The van der Waals surface area contributed by atoms with Crippen LogP contribution in [0.2, 0.25) is 0 Å². The second kappa shape index (κ2) is 4.33. The molecule has 0 bridgehead atoms. The predicted molar refractivity (Wildman–Crippen MR) is 53.8 cm³/mol. The summed E-state index contributed by atoms with van der Waals surface area (Å²) in [5.74, 6) is 0. The van der Waals surface area contributed by atoms with Gasteiger partial charge in [-0.25, -0.2) is 0 Å². The topological polar surface area (TPSA) is 30.5 Å². The fourth-order valence-electron chi connectivity index (χ4n) is 2.44. The number of nitrogens with one attached hydrogen (secondary N) is 1. The number of morpholine rings is 1. The van der Waals surface area contributed by atoms with Crippen LogP contribution in [-0.2, 0) is 9.47 Å². The van der Waals surface area contributed by atoms with Gasteiger partial charge in [-0.3, -0.25) is 0 Å². The van der Waals surface area contributed by atoms with Crippen LogP contribution in [-0.4, -0.2) is 44.2 Å². The van der Waals surface area contributed by atoms with Crippen molar-refractivity contribution in [2.24, 2.45) is 0 Å². The van der Waals surface area contributed by atoms with Crippen molar-refractivity contribution in [3.05, 3.63) is 0 Å². The first-order valence-electron chi connectivity index (χ1n) is 4.88. The van der Waals surface area contributed by atoms with Gasteiger partial charge in [0, 0.05) is 32.0 Å². The van der Waals surface area contributed by atoms with E-state index in [1.807, 2.05) is 0 Å². The molecule has 2 rings (SSSR count). The first-order valence-corrected chi connectivity index (χ1v) is 4.88. The molecule has 1 saturated carbocycles. The second-order valence-corrected chi connectivity index (χ2v) is 4.31. The lowest BCUT2D eigenvalue weighted by atomic mass is 9.64. The molecule has 0 aromatic rings. The predicted octanol–water partition coefficient (Wildman–Crippen LogP) is 1.51. The molecule has 2 aliphatic rings. The van der Waals surface area contributed by atoms with Crippen LogP contribution < -0.4 is 5.32 Å². The summed E-state index contributed by atoms with van der Waals surface area (Å²) in [5.41, 5.74) is -2.50. The summed E-state index contributed by atoms with van der Waals surface area (Å²) in [6.45, 7) is 1.51. The molecule has 96 valence electrons. The Morgan fingerprint density at radius 3 is 2.31 bits per heavy atom. The highest BCUT2D eigenvalue weighted by Gasteiger charge is 2.68. The van der Waals surface area contributed by atoms with E-state index in [9.17, 15) is 13.2 Å². The fraction of sp³-hybridized carbons (Fsp3) is 1.00. The standard InChI is InChI=1S/C9H14F3NO2.ClH/c1-14-8(9(10,11)12)4-7(5-8)6-15-3-2-13-7;/h13H,2-6H2,1H3;1H. The summed E-state index contributed by atoms with van der Waals surface area (Å²) in [4.78, 5) is 0. The van der Waals surface area contributed by atoms with Crippen molar-refractivity contribution in [2.75, 3.05) is 26.9 Å². The SMILES string of the molecule is COC1(C(F)(F)F)CC2(COCCN2)C1.Cl. The van der Waals surface area contributed by atoms with Crippen LogP contribution in [0.5, 0.6) is 0 Å². The number of hydrogen-bond acceptors (Lipinski definition) is 3. The van der Waals surface area contributed by atoms with Gasteiger partial charge in [0.15, 0.2) is 5.60 Å². The van der Waals surface area contributed by atoms with E-state index in [1.165, 1.54) is 0 Å². The Bertz CT molecular complexity index is 246. The average molecular weight is 262 g/mol. The van der Waals surface area contributed by atoms with E-state index in [1.54, 1.807) is 0 Å². The molecule has 16 heavy (non-hydrogen) atoms. The molecule has 2 fully saturated rings. The van der Waals surface area contributed by atoms with Gasteiger partial charge in [-0.2, -0.15) is 13.2 Å². The summed E-state index contributed by atoms with van der Waals surface area (Å²) in [5, 5.41) is 3.09. The van der Waals surface area contributed by atoms with E-state index in [0.717, 1.165) is 7.11 Å². The summed E-state index contributed by atoms with van der Waals surface area (Å²) in [7, 11) is 1.12. The molecule has 1 spiro atoms. The van der Waals surface area contributed by atoms with Gasteiger partial charge in [0.1, 0.15) is 0 Å². The Hall–Kier alpha value is -0.0400. The molecular formula is C9H15ClF3NO2. The van der Waals surface area contributed by atoms with E-state index in [-0.39, 0.29) is 25.2 Å². The zero-order valence-electron chi connectivity index (χ0n) is 8.89. The highest BCUT2D eigenvalue weighted by molar-refractivity contribution is 5.85. The molecule has 0 aromatic carbocycles. The Morgan fingerprint density at radius 2 is 1.94 bits per heavy atom. The van der Waals surface area contributed by atoms with E-state index >= 15 is 0 Å². The molecule has 1 saturated heterocycles.